The van der Waals surface area contributed by atoms with Gasteiger partial charge in [-0.15, -0.1) is 0 Å². The van der Waals surface area contributed by atoms with Gasteiger partial charge >= 0.3 is 6.09 Å². The van der Waals surface area contributed by atoms with Crippen molar-refractivity contribution in [3.8, 4) is 0 Å². The first-order valence-electron chi connectivity index (χ1n) is 8.25. The van der Waals surface area contributed by atoms with E-state index in [1.54, 1.807) is 36.1 Å². The van der Waals surface area contributed by atoms with Crippen LogP contribution in [0.5, 0.6) is 0 Å². The molecule has 0 aromatic heterocycles. The molecule has 1 amide bonds. The number of aryl methyl sites for hydroxylation is 1. The van der Waals surface area contributed by atoms with Gasteiger partial charge in [0.2, 0.25) is 0 Å². The Balaban J connectivity index is 1.57. The van der Waals surface area contributed by atoms with Crippen molar-refractivity contribution in [2.75, 3.05) is 19.7 Å². The third kappa shape index (κ3) is 3.42. The van der Waals surface area contributed by atoms with Crippen LogP contribution in [0.25, 0.3) is 0 Å². The number of carbonyl (C=O) groups excluding carboxylic acids is 1. The highest BCUT2D eigenvalue weighted by Crippen LogP contribution is 2.47. The Hall–Kier alpha value is -1.60. The molecular formula is C17H23NO5S. The average Bonchev–Trinajstić information content (AvgIpc) is 2.90. The lowest BCUT2D eigenvalue weighted by molar-refractivity contribution is -0.00363. The molecule has 2 fully saturated rings. The summed E-state index contributed by atoms with van der Waals surface area (Å²) in [5.41, 5.74) is 0.988. The Morgan fingerprint density at radius 3 is 2.58 bits per heavy atom. The van der Waals surface area contributed by atoms with E-state index in [0.29, 0.717) is 32.5 Å². The summed E-state index contributed by atoms with van der Waals surface area (Å²) in [5.74, 6) is 0. The maximum absolute atomic E-state index is 12.4. The van der Waals surface area contributed by atoms with Gasteiger partial charge in [-0.25, -0.2) is 4.79 Å². The largest absolute Gasteiger partial charge is 0.450 e. The van der Waals surface area contributed by atoms with Gasteiger partial charge in [-0.2, -0.15) is 8.42 Å². The zero-order valence-corrected chi connectivity index (χ0v) is 14.8. The lowest BCUT2D eigenvalue weighted by Gasteiger charge is -2.47. The minimum atomic E-state index is -3.74. The molecule has 1 aliphatic heterocycles. The lowest BCUT2D eigenvalue weighted by Crippen LogP contribution is -2.57. The van der Waals surface area contributed by atoms with Crippen LogP contribution < -0.4 is 0 Å². The number of benzene rings is 1. The molecule has 132 valence electrons. The van der Waals surface area contributed by atoms with E-state index in [0.717, 1.165) is 12.0 Å². The fraction of sp³-hybridized carbons (Fsp3) is 0.588. The predicted molar refractivity (Wildman–Crippen MR) is 88.1 cm³/mol. The lowest BCUT2D eigenvalue weighted by atomic mass is 9.78. The van der Waals surface area contributed by atoms with Gasteiger partial charge in [0.1, 0.15) is 0 Å². The second-order valence-corrected chi connectivity index (χ2v) is 8.36. The van der Waals surface area contributed by atoms with Crippen molar-refractivity contribution in [3.05, 3.63) is 29.8 Å². The number of ether oxygens (including phenoxy) is 1. The van der Waals surface area contributed by atoms with Crippen molar-refractivity contribution >= 4 is 16.2 Å². The van der Waals surface area contributed by atoms with Gasteiger partial charge < -0.3 is 9.64 Å². The summed E-state index contributed by atoms with van der Waals surface area (Å²) in [6.07, 6.45) is 1.62. The monoisotopic (exact) mass is 353 g/mol. The summed E-state index contributed by atoms with van der Waals surface area (Å²) in [4.78, 5) is 13.5. The smallest absolute Gasteiger partial charge is 0.409 e. The second-order valence-electron chi connectivity index (χ2n) is 6.78. The van der Waals surface area contributed by atoms with Crippen LogP contribution in [-0.2, 0) is 19.0 Å². The fourth-order valence-corrected chi connectivity index (χ4v) is 4.67. The van der Waals surface area contributed by atoms with E-state index in [2.05, 4.69) is 0 Å². The van der Waals surface area contributed by atoms with Crippen LogP contribution in [0.1, 0.15) is 31.7 Å². The van der Waals surface area contributed by atoms with Crippen molar-refractivity contribution in [2.45, 2.75) is 44.1 Å². The maximum Gasteiger partial charge on any atom is 0.409 e. The van der Waals surface area contributed by atoms with Gasteiger partial charge in [0, 0.05) is 18.5 Å². The first kappa shape index (κ1) is 17.2. The number of hydrogen-bond donors (Lipinski definition) is 0. The molecular weight excluding hydrogens is 330 g/mol. The molecule has 3 rings (SSSR count). The highest BCUT2D eigenvalue weighted by molar-refractivity contribution is 7.86. The molecule has 2 aliphatic rings. The molecule has 1 heterocycles. The summed E-state index contributed by atoms with van der Waals surface area (Å²) < 4.78 is 35.2. The van der Waals surface area contributed by atoms with Crippen molar-refractivity contribution in [1.29, 1.82) is 0 Å². The SMILES string of the molecule is CCOC(=O)N1CC2(CC[C@H](OS(=O)(=O)c3ccc(C)cc3)C2)C1. The summed E-state index contributed by atoms with van der Waals surface area (Å²) in [7, 11) is -3.74. The molecule has 1 aliphatic carbocycles. The van der Waals surface area contributed by atoms with Crippen LogP contribution in [0.2, 0.25) is 0 Å². The number of carbonyl (C=O) groups is 1. The number of rotatable bonds is 4. The molecule has 0 radical (unpaired) electrons. The van der Waals surface area contributed by atoms with E-state index < -0.39 is 10.1 Å². The standard InChI is InChI=1S/C17H23NO5S/c1-3-22-16(19)18-11-17(12-18)9-8-14(10-17)23-24(20,21)15-6-4-13(2)5-7-15/h4-7,14H,3,8-12H2,1-2H3/t14-/m0/s1. The molecule has 0 unspecified atom stereocenters. The van der Waals surface area contributed by atoms with Crippen LogP contribution in [0.4, 0.5) is 4.79 Å². The minimum Gasteiger partial charge on any atom is -0.450 e. The number of nitrogens with zero attached hydrogens (tertiary/aromatic N) is 1. The van der Waals surface area contributed by atoms with Gasteiger partial charge in [0.25, 0.3) is 10.1 Å². The van der Waals surface area contributed by atoms with Gasteiger partial charge in [-0.3, -0.25) is 4.18 Å². The number of likely N-dealkylation sites (tertiary alicyclic amines) is 1. The Bertz CT molecular complexity index is 707. The molecule has 1 atom stereocenters. The maximum atomic E-state index is 12.4. The van der Waals surface area contributed by atoms with E-state index >= 15 is 0 Å². The van der Waals surface area contributed by atoms with Gasteiger partial charge in [-0.1, -0.05) is 17.7 Å². The van der Waals surface area contributed by atoms with Crippen molar-refractivity contribution in [1.82, 2.24) is 4.90 Å². The van der Waals surface area contributed by atoms with Crippen LogP contribution in [-0.4, -0.2) is 45.2 Å². The molecule has 6 nitrogen and oxygen atoms in total. The molecule has 1 aromatic rings. The molecule has 1 saturated carbocycles. The zero-order valence-electron chi connectivity index (χ0n) is 14.0. The predicted octanol–water partition coefficient (Wildman–Crippen LogP) is 2.71. The van der Waals surface area contributed by atoms with E-state index in [1.165, 1.54) is 0 Å². The average molecular weight is 353 g/mol. The van der Waals surface area contributed by atoms with Crippen LogP contribution in [0, 0.1) is 12.3 Å². The fourth-order valence-electron chi connectivity index (χ4n) is 3.57. The Labute approximate surface area is 142 Å². The van der Waals surface area contributed by atoms with Gasteiger partial charge in [0.15, 0.2) is 0 Å². The molecule has 1 spiro atoms. The molecule has 1 aromatic carbocycles. The van der Waals surface area contributed by atoms with Crippen LogP contribution in [0.15, 0.2) is 29.2 Å². The second kappa shape index (κ2) is 6.37. The number of amides is 1. The van der Waals surface area contributed by atoms with E-state index in [9.17, 15) is 13.2 Å². The molecule has 24 heavy (non-hydrogen) atoms. The molecule has 7 heteroatoms. The highest BCUT2D eigenvalue weighted by Gasteiger charge is 2.51. The van der Waals surface area contributed by atoms with Crippen LogP contribution in [0.3, 0.4) is 0 Å². The van der Waals surface area contributed by atoms with E-state index in [-0.39, 0.29) is 22.5 Å². The summed E-state index contributed by atoms with van der Waals surface area (Å²) in [6, 6.07) is 6.66. The first-order valence-corrected chi connectivity index (χ1v) is 9.66. The molecule has 0 N–H and O–H groups in total. The van der Waals surface area contributed by atoms with E-state index in [4.69, 9.17) is 8.92 Å². The van der Waals surface area contributed by atoms with Crippen molar-refractivity contribution < 1.29 is 22.1 Å². The normalized spacial score (nSPS) is 22.4. The van der Waals surface area contributed by atoms with Gasteiger partial charge in [0.05, 0.1) is 17.6 Å². The molecule has 0 bridgehead atoms. The highest BCUT2D eigenvalue weighted by atomic mass is 32.2. The zero-order chi connectivity index (χ0) is 17.4. The topological polar surface area (TPSA) is 72.9 Å². The summed E-state index contributed by atoms with van der Waals surface area (Å²) >= 11 is 0. The summed E-state index contributed by atoms with van der Waals surface area (Å²) in [5, 5.41) is 0. The Morgan fingerprint density at radius 1 is 1.29 bits per heavy atom. The minimum absolute atomic E-state index is 0.0137. The first-order chi connectivity index (χ1) is 11.3. The Kier molecular flexibility index (Phi) is 4.57. The van der Waals surface area contributed by atoms with Crippen LogP contribution >= 0.6 is 0 Å². The number of hydrogen-bond acceptors (Lipinski definition) is 5. The third-order valence-corrected chi connectivity index (χ3v) is 6.18. The van der Waals surface area contributed by atoms with E-state index in [1.807, 2.05) is 6.92 Å². The molecule has 1 saturated heterocycles. The van der Waals surface area contributed by atoms with Crippen molar-refractivity contribution in [2.24, 2.45) is 5.41 Å². The van der Waals surface area contributed by atoms with Crippen molar-refractivity contribution in [3.63, 3.8) is 0 Å². The van der Waals surface area contributed by atoms with Gasteiger partial charge in [-0.05, 0) is 45.2 Å². The Morgan fingerprint density at radius 2 is 1.96 bits per heavy atom. The quantitative estimate of drug-likeness (QED) is 0.778. The third-order valence-electron chi connectivity index (χ3n) is 4.81. The summed E-state index contributed by atoms with van der Waals surface area (Å²) in [6.45, 7) is 5.29.